The Balaban J connectivity index is 1.75. The van der Waals surface area contributed by atoms with Gasteiger partial charge in [-0.15, -0.1) is 0 Å². The molecule has 2 saturated carbocycles. The molecule has 3 unspecified atom stereocenters. The predicted octanol–water partition coefficient (Wildman–Crippen LogP) is 2.49. The van der Waals surface area contributed by atoms with Crippen molar-refractivity contribution in [1.29, 1.82) is 0 Å². The van der Waals surface area contributed by atoms with Gasteiger partial charge in [0, 0.05) is 6.04 Å². The fourth-order valence-corrected chi connectivity index (χ4v) is 2.31. The van der Waals surface area contributed by atoms with Gasteiger partial charge in [0.1, 0.15) is 0 Å². The summed E-state index contributed by atoms with van der Waals surface area (Å²) in [6, 6.07) is 0.637. The zero-order valence-electron chi connectivity index (χ0n) is 8.97. The molecule has 0 saturated heterocycles. The van der Waals surface area contributed by atoms with E-state index >= 15 is 0 Å². The molecule has 13 heavy (non-hydrogen) atoms. The van der Waals surface area contributed by atoms with Crippen molar-refractivity contribution in [2.24, 2.45) is 11.8 Å². The summed E-state index contributed by atoms with van der Waals surface area (Å²) in [5, 5.41) is 0. The Morgan fingerprint density at radius 3 is 2.69 bits per heavy atom. The first-order valence-electron chi connectivity index (χ1n) is 5.50. The molecular weight excluding hydrogens is 162 g/mol. The van der Waals surface area contributed by atoms with Gasteiger partial charge in [-0.3, -0.25) is 4.84 Å². The second-order valence-electron chi connectivity index (χ2n) is 5.53. The van der Waals surface area contributed by atoms with Gasteiger partial charge in [0.05, 0.1) is 5.60 Å². The molecule has 0 aromatic heterocycles. The van der Waals surface area contributed by atoms with Crippen molar-refractivity contribution >= 4 is 0 Å². The standard InChI is InChI=1S/C11H21NO/c1-11(2,3)13-12-10-6-4-5-8-7-9(8)10/h8-10,12H,4-7H2,1-3H3. The maximum Gasteiger partial charge on any atom is 0.0813 e. The molecule has 0 radical (unpaired) electrons. The normalized spacial score (nSPS) is 38.5. The number of rotatable bonds is 2. The molecule has 0 spiro atoms. The van der Waals surface area contributed by atoms with E-state index in [-0.39, 0.29) is 5.60 Å². The smallest absolute Gasteiger partial charge is 0.0813 e. The highest BCUT2D eigenvalue weighted by molar-refractivity contribution is 4.97. The van der Waals surface area contributed by atoms with Crippen LogP contribution in [0.15, 0.2) is 0 Å². The van der Waals surface area contributed by atoms with Crippen LogP contribution in [0.1, 0.15) is 46.5 Å². The molecule has 3 atom stereocenters. The maximum atomic E-state index is 5.62. The molecule has 0 amide bonds. The van der Waals surface area contributed by atoms with Crippen LogP contribution in [-0.4, -0.2) is 11.6 Å². The summed E-state index contributed by atoms with van der Waals surface area (Å²) in [6.07, 6.45) is 5.58. The van der Waals surface area contributed by atoms with Crippen LogP contribution in [0.2, 0.25) is 0 Å². The lowest BCUT2D eigenvalue weighted by molar-refractivity contribution is -0.0949. The van der Waals surface area contributed by atoms with Gasteiger partial charge in [-0.25, -0.2) is 0 Å². The van der Waals surface area contributed by atoms with E-state index in [1.54, 1.807) is 0 Å². The van der Waals surface area contributed by atoms with Gasteiger partial charge in [0.2, 0.25) is 0 Å². The molecule has 0 heterocycles. The van der Waals surface area contributed by atoms with Crippen molar-refractivity contribution < 1.29 is 4.84 Å². The van der Waals surface area contributed by atoms with Crippen LogP contribution in [0.4, 0.5) is 0 Å². The molecule has 0 aromatic rings. The van der Waals surface area contributed by atoms with Crippen molar-refractivity contribution in [3.63, 3.8) is 0 Å². The summed E-state index contributed by atoms with van der Waals surface area (Å²) >= 11 is 0. The van der Waals surface area contributed by atoms with Crippen molar-refractivity contribution in [3.05, 3.63) is 0 Å². The minimum Gasteiger partial charge on any atom is -0.296 e. The largest absolute Gasteiger partial charge is 0.296 e. The molecule has 0 aromatic carbocycles. The lowest BCUT2D eigenvalue weighted by Gasteiger charge is -2.27. The first kappa shape index (κ1) is 9.47. The quantitative estimate of drug-likeness (QED) is 0.664. The number of nitrogens with one attached hydrogen (secondary N) is 1. The van der Waals surface area contributed by atoms with E-state index in [0.717, 1.165) is 11.8 Å². The third kappa shape index (κ3) is 2.44. The van der Waals surface area contributed by atoms with Gasteiger partial charge >= 0.3 is 0 Å². The molecule has 2 rings (SSSR count). The first-order valence-corrected chi connectivity index (χ1v) is 5.50. The zero-order chi connectivity index (χ0) is 9.47. The maximum absolute atomic E-state index is 5.62. The highest BCUT2D eigenvalue weighted by Gasteiger charge is 2.45. The van der Waals surface area contributed by atoms with E-state index in [9.17, 15) is 0 Å². The zero-order valence-corrected chi connectivity index (χ0v) is 8.97. The first-order chi connectivity index (χ1) is 6.06. The van der Waals surface area contributed by atoms with Crippen molar-refractivity contribution in [3.8, 4) is 0 Å². The second-order valence-corrected chi connectivity index (χ2v) is 5.53. The van der Waals surface area contributed by atoms with E-state index in [1.165, 1.54) is 25.7 Å². The fourth-order valence-electron chi connectivity index (χ4n) is 2.31. The Kier molecular flexibility index (Phi) is 2.37. The van der Waals surface area contributed by atoms with Gasteiger partial charge in [0.25, 0.3) is 0 Å². The van der Waals surface area contributed by atoms with Gasteiger partial charge < -0.3 is 0 Å². The molecule has 2 nitrogen and oxygen atoms in total. The number of fused-ring (bicyclic) bond motifs is 1. The Hall–Kier alpha value is -0.0800. The minimum atomic E-state index is -0.0537. The SMILES string of the molecule is CC(C)(C)ONC1CCCC2CC21. The van der Waals surface area contributed by atoms with Crippen LogP contribution in [-0.2, 0) is 4.84 Å². The summed E-state index contributed by atoms with van der Waals surface area (Å²) < 4.78 is 0. The Bertz CT molecular complexity index is 185. The third-order valence-corrected chi connectivity index (χ3v) is 3.10. The predicted molar refractivity (Wildman–Crippen MR) is 53.2 cm³/mol. The fraction of sp³-hybridized carbons (Fsp3) is 1.00. The average Bonchev–Trinajstić information content (AvgIpc) is 2.77. The summed E-state index contributed by atoms with van der Waals surface area (Å²) in [6.45, 7) is 6.27. The number of hydroxylamine groups is 1. The van der Waals surface area contributed by atoms with Crippen molar-refractivity contribution in [1.82, 2.24) is 5.48 Å². The third-order valence-electron chi connectivity index (χ3n) is 3.10. The van der Waals surface area contributed by atoms with E-state index in [2.05, 4.69) is 26.3 Å². The van der Waals surface area contributed by atoms with E-state index in [1.807, 2.05) is 0 Å². The number of hydrogen-bond acceptors (Lipinski definition) is 2. The molecule has 76 valence electrons. The van der Waals surface area contributed by atoms with E-state index in [0.29, 0.717) is 6.04 Å². The van der Waals surface area contributed by atoms with Gasteiger partial charge in [-0.1, -0.05) is 12.8 Å². The molecule has 2 fully saturated rings. The summed E-state index contributed by atoms with van der Waals surface area (Å²) in [7, 11) is 0. The minimum absolute atomic E-state index is 0.0537. The summed E-state index contributed by atoms with van der Waals surface area (Å²) in [5.74, 6) is 1.95. The number of hydrogen-bond donors (Lipinski definition) is 1. The Labute approximate surface area is 81.0 Å². The van der Waals surface area contributed by atoms with Crippen molar-refractivity contribution in [2.45, 2.75) is 58.1 Å². The lowest BCUT2D eigenvalue weighted by Crippen LogP contribution is -2.39. The Morgan fingerprint density at radius 1 is 1.23 bits per heavy atom. The van der Waals surface area contributed by atoms with E-state index < -0.39 is 0 Å². The molecule has 2 aliphatic rings. The van der Waals surface area contributed by atoms with Crippen LogP contribution < -0.4 is 5.48 Å². The van der Waals surface area contributed by atoms with Crippen LogP contribution in [0, 0.1) is 11.8 Å². The molecule has 0 bridgehead atoms. The van der Waals surface area contributed by atoms with Crippen LogP contribution >= 0.6 is 0 Å². The summed E-state index contributed by atoms with van der Waals surface area (Å²) in [4.78, 5) is 5.62. The second kappa shape index (κ2) is 3.25. The van der Waals surface area contributed by atoms with Crippen LogP contribution in [0.25, 0.3) is 0 Å². The Morgan fingerprint density at radius 2 is 2.00 bits per heavy atom. The highest BCUT2D eigenvalue weighted by atomic mass is 16.7. The van der Waals surface area contributed by atoms with Gasteiger partial charge in [-0.2, -0.15) is 5.48 Å². The monoisotopic (exact) mass is 183 g/mol. The average molecular weight is 183 g/mol. The molecule has 1 N–H and O–H groups in total. The summed E-state index contributed by atoms with van der Waals surface area (Å²) in [5.41, 5.74) is 3.20. The molecular formula is C11H21NO. The van der Waals surface area contributed by atoms with Gasteiger partial charge in [0.15, 0.2) is 0 Å². The van der Waals surface area contributed by atoms with Crippen LogP contribution in [0.5, 0.6) is 0 Å². The molecule has 2 heteroatoms. The topological polar surface area (TPSA) is 21.3 Å². The molecule has 0 aliphatic heterocycles. The highest BCUT2D eigenvalue weighted by Crippen LogP contribution is 2.49. The van der Waals surface area contributed by atoms with Gasteiger partial charge in [-0.05, 0) is 45.4 Å². The lowest BCUT2D eigenvalue weighted by atomic mass is 9.96. The van der Waals surface area contributed by atoms with Crippen LogP contribution in [0.3, 0.4) is 0 Å². The molecule has 2 aliphatic carbocycles. The van der Waals surface area contributed by atoms with Crippen molar-refractivity contribution in [2.75, 3.05) is 0 Å². The van der Waals surface area contributed by atoms with E-state index in [4.69, 9.17) is 4.84 Å².